The average Bonchev–Trinajstić information content (AvgIpc) is 2.82. The first-order valence-electron chi connectivity index (χ1n) is 5.94. The van der Waals surface area contributed by atoms with Crippen LogP contribution in [0.3, 0.4) is 0 Å². The topological polar surface area (TPSA) is 21.3 Å². The van der Waals surface area contributed by atoms with Gasteiger partial charge in [0.05, 0.1) is 9.36 Å². The van der Waals surface area contributed by atoms with E-state index < -0.39 is 0 Å². The number of hydrogen-bond donors (Lipinski definition) is 1. The molecular weight excluding hydrogens is 301 g/mol. The summed E-state index contributed by atoms with van der Waals surface area (Å²) >= 11 is 13.6. The molecule has 2 nitrogen and oxygen atoms in total. The second kappa shape index (κ2) is 6.62. The maximum absolute atomic E-state index is 6.23. The molecule has 0 aliphatic carbocycles. The summed E-state index contributed by atoms with van der Waals surface area (Å²) in [4.78, 5) is 1.08. The molecule has 19 heavy (non-hydrogen) atoms. The van der Waals surface area contributed by atoms with Crippen LogP contribution >= 0.6 is 34.5 Å². The predicted molar refractivity (Wildman–Crippen MR) is 82.6 cm³/mol. The second-order valence-electron chi connectivity index (χ2n) is 4.19. The van der Waals surface area contributed by atoms with E-state index in [9.17, 15) is 0 Å². The number of halogens is 2. The Bertz CT molecular complexity index is 556. The Kier molecular flexibility index (Phi) is 5.11. The second-order valence-corrected chi connectivity index (χ2v) is 6.40. The Balaban J connectivity index is 2.05. The number of benzene rings is 1. The highest BCUT2D eigenvalue weighted by molar-refractivity contribution is 7.16. The molecular formula is C14H15Cl2NOS. The highest BCUT2D eigenvalue weighted by Crippen LogP contribution is 2.29. The maximum Gasteiger partial charge on any atom is 0.138 e. The molecule has 102 valence electrons. The Morgan fingerprint density at radius 3 is 2.63 bits per heavy atom. The van der Waals surface area contributed by atoms with E-state index in [4.69, 9.17) is 27.9 Å². The van der Waals surface area contributed by atoms with Crippen molar-refractivity contribution in [2.45, 2.75) is 19.6 Å². The molecule has 0 saturated heterocycles. The van der Waals surface area contributed by atoms with Crippen molar-refractivity contribution in [2.75, 3.05) is 7.05 Å². The summed E-state index contributed by atoms with van der Waals surface area (Å²) in [5, 5.41) is 3.80. The van der Waals surface area contributed by atoms with Crippen molar-refractivity contribution in [3.8, 4) is 5.75 Å². The van der Waals surface area contributed by atoms with Crippen molar-refractivity contribution in [1.29, 1.82) is 0 Å². The van der Waals surface area contributed by atoms with Gasteiger partial charge in [-0.3, -0.25) is 0 Å². The molecule has 2 aromatic rings. The fourth-order valence-corrected chi connectivity index (χ4v) is 2.89. The smallest absolute Gasteiger partial charge is 0.138 e. The first-order valence-corrected chi connectivity index (χ1v) is 7.51. The van der Waals surface area contributed by atoms with Crippen LogP contribution in [0.4, 0.5) is 0 Å². The molecule has 1 atom stereocenters. The van der Waals surface area contributed by atoms with E-state index in [2.05, 4.69) is 12.2 Å². The summed E-state index contributed by atoms with van der Waals surface area (Å²) in [6.45, 7) is 2.57. The normalized spacial score (nSPS) is 12.4. The van der Waals surface area contributed by atoms with Gasteiger partial charge in [0.2, 0.25) is 0 Å². The van der Waals surface area contributed by atoms with Gasteiger partial charge in [-0.05, 0) is 43.8 Å². The van der Waals surface area contributed by atoms with E-state index in [0.29, 0.717) is 17.4 Å². The van der Waals surface area contributed by atoms with Gasteiger partial charge in [0, 0.05) is 10.9 Å². The molecule has 0 radical (unpaired) electrons. The molecule has 0 aliphatic heterocycles. The van der Waals surface area contributed by atoms with Crippen LogP contribution in [0.15, 0.2) is 30.3 Å². The molecule has 1 unspecified atom stereocenters. The minimum atomic E-state index is 0.266. The third kappa shape index (κ3) is 3.86. The van der Waals surface area contributed by atoms with Gasteiger partial charge in [-0.25, -0.2) is 0 Å². The minimum absolute atomic E-state index is 0.266. The Labute approximate surface area is 127 Å². The molecule has 0 spiro atoms. The van der Waals surface area contributed by atoms with Gasteiger partial charge in [-0.2, -0.15) is 0 Å². The Morgan fingerprint density at radius 1 is 1.26 bits per heavy atom. The summed E-state index contributed by atoms with van der Waals surface area (Å²) in [6, 6.07) is 9.94. The van der Waals surface area contributed by atoms with Gasteiger partial charge >= 0.3 is 0 Å². The predicted octanol–water partition coefficient (Wildman–Crippen LogP) is 4.91. The van der Waals surface area contributed by atoms with Crippen LogP contribution in [-0.4, -0.2) is 7.05 Å². The Hall–Kier alpha value is -0.740. The molecule has 1 heterocycles. The summed E-state index contributed by atoms with van der Waals surface area (Å²) in [7, 11) is 1.92. The summed E-state index contributed by atoms with van der Waals surface area (Å²) < 4.78 is 6.47. The fourth-order valence-electron chi connectivity index (χ4n) is 1.65. The molecule has 5 heteroatoms. The summed E-state index contributed by atoms with van der Waals surface area (Å²) in [6.07, 6.45) is 0. The van der Waals surface area contributed by atoms with Gasteiger partial charge in [0.15, 0.2) is 0 Å². The molecule has 0 amide bonds. The van der Waals surface area contributed by atoms with E-state index >= 15 is 0 Å². The van der Waals surface area contributed by atoms with E-state index in [0.717, 1.165) is 14.8 Å². The zero-order valence-electron chi connectivity index (χ0n) is 10.7. The zero-order chi connectivity index (χ0) is 13.8. The highest BCUT2D eigenvalue weighted by Gasteiger charge is 2.08. The Morgan fingerprint density at radius 2 is 2.05 bits per heavy atom. The number of nitrogens with one attached hydrogen (secondary N) is 1. The van der Waals surface area contributed by atoms with E-state index in [1.54, 1.807) is 0 Å². The minimum Gasteiger partial charge on any atom is -0.487 e. The van der Waals surface area contributed by atoms with Crippen molar-refractivity contribution in [3.63, 3.8) is 0 Å². The van der Waals surface area contributed by atoms with Crippen molar-refractivity contribution in [1.82, 2.24) is 5.32 Å². The SMILES string of the molecule is CNC(C)c1ccc(OCc2ccc(Cl)s2)c(Cl)c1. The third-order valence-corrected chi connectivity index (χ3v) is 4.39. The quantitative estimate of drug-likeness (QED) is 0.846. The van der Waals surface area contributed by atoms with Crippen LogP contribution in [0.5, 0.6) is 5.75 Å². The van der Waals surface area contributed by atoms with Crippen LogP contribution in [0.25, 0.3) is 0 Å². The van der Waals surface area contributed by atoms with E-state index in [1.807, 2.05) is 37.4 Å². The highest BCUT2D eigenvalue weighted by atomic mass is 35.5. The number of ether oxygens (including phenoxy) is 1. The number of rotatable bonds is 5. The largest absolute Gasteiger partial charge is 0.487 e. The van der Waals surface area contributed by atoms with Gasteiger partial charge in [0.1, 0.15) is 12.4 Å². The first-order chi connectivity index (χ1) is 9.10. The fraction of sp³-hybridized carbons (Fsp3) is 0.286. The molecule has 1 N–H and O–H groups in total. The lowest BCUT2D eigenvalue weighted by Crippen LogP contribution is -2.12. The van der Waals surface area contributed by atoms with Crippen LogP contribution < -0.4 is 10.1 Å². The van der Waals surface area contributed by atoms with Gasteiger partial charge in [0.25, 0.3) is 0 Å². The number of hydrogen-bond acceptors (Lipinski definition) is 3. The van der Waals surface area contributed by atoms with Crippen LogP contribution in [-0.2, 0) is 6.61 Å². The maximum atomic E-state index is 6.23. The molecule has 1 aromatic carbocycles. The molecule has 1 aromatic heterocycles. The van der Waals surface area contributed by atoms with Crippen molar-refractivity contribution < 1.29 is 4.74 Å². The average molecular weight is 316 g/mol. The lowest BCUT2D eigenvalue weighted by molar-refractivity contribution is 0.310. The van der Waals surface area contributed by atoms with Crippen LogP contribution in [0.2, 0.25) is 9.36 Å². The first kappa shape index (κ1) is 14.7. The molecule has 0 aliphatic rings. The third-order valence-electron chi connectivity index (χ3n) is 2.89. The zero-order valence-corrected chi connectivity index (χ0v) is 13.1. The van der Waals surface area contributed by atoms with E-state index in [-0.39, 0.29) is 6.04 Å². The summed E-state index contributed by atoms with van der Waals surface area (Å²) in [5.74, 6) is 0.693. The van der Waals surface area contributed by atoms with Gasteiger partial charge < -0.3 is 10.1 Å². The van der Waals surface area contributed by atoms with Crippen molar-refractivity contribution in [3.05, 3.63) is 50.1 Å². The molecule has 0 bridgehead atoms. The number of thiophene rings is 1. The standard InChI is InChI=1S/C14H15Cl2NOS/c1-9(17-2)10-3-5-13(12(15)7-10)18-8-11-4-6-14(16)19-11/h3-7,9,17H,8H2,1-2H3. The summed E-state index contributed by atoms with van der Waals surface area (Å²) in [5.41, 5.74) is 1.14. The molecule has 0 fully saturated rings. The lowest BCUT2D eigenvalue weighted by Gasteiger charge is -2.13. The van der Waals surface area contributed by atoms with Crippen molar-refractivity contribution in [2.24, 2.45) is 0 Å². The van der Waals surface area contributed by atoms with Gasteiger partial charge in [-0.15, -0.1) is 11.3 Å². The monoisotopic (exact) mass is 315 g/mol. The van der Waals surface area contributed by atoms with E-state index in [1.165, 1.54) is 11.3 Å². The molecule has 2 rings (SSSR count). The molecule has 0 saturated carbocycles. The van der Waals surface area contributed by atoms with Crippen molar-refractivity contribution >= 4 is 34.5 Å². The van der Waals surface area contributed by atoms with Gasteiger partial charge in [-0.1, -0.05) is 29.3 Å². The van der Waals surface area contributed by atoms with Crippen LogP contribution in [0.1, 0.15) is 23.4 Å². The lowest BCUT2D eigenvalue weighted by atomic mass is 10.1. The van der Waals surface area contributed by atoms with Crippen LogP contribution in [0, 0.1) is 0 Å².